The Morgan fingerprint density at radius 3 is 1.39 bits per heavy atom. The van der Waals surface area contributed by atoms with Gasteiger partial charge in [0.05, 0.1) is 6.61 Å². The largest absolute Gasteiger partial charge is 1.00 e. The van der Waals surface area contributed by atoms with Crippen LogP contribution in [0.5, 0.6) is 0 Å². The van der Waals surface area contributed by atoms with Crippen molar-refractivity contribution in [2.24, 2.45) is 0 Å². The molecule has 28 heavy (non-hydrogen) atoms. The SMILES string of the molecule is CCCCCCCCCCCCCCCCOP(=O)(O)O.CCOC(=O)[O-].[K+]. The van der Waals surface area contributed by atoms with Gasteiger partial charge in [-0.15, -0.1) is 0 Å². The third-order valence-corrected chi connectivity index (χ3v) is 4.54. The fraction of sp³-hybridized carbons (Fsp3) is 0.947. The molecule has 0 saturated heterocycles. The van der Waals surface area contributed by atoms with Crippen LogP contribution in [0.25, 0.3) is 0 Å². The second-order valence-electron chi connectivity index (χ2n) is 6.60. The summed E-state index contributed by atoms with van der Waals surface area (Å²) in [6, 6.07) is 0. The quantitative estimate of drug-likeness (QED) is 0.151. The molecule has 9 heteroatoms. The molecule has 0 bridgehead atoms. The summed E-state index contributed by atoms with van der Waals surface area (Å²) in [4.78, 5) is 26.3. The van der Waals surface area contributed by atoms with Crippen molar-refractivity contribution in [3.05, 3.63) is 0 Å². The van der Waals surface area contributed by atoms with E-state index in [0.29, 0.717) is 0 Å². The molecule has 0 amide bonds. The van der Waals surface area contributed by atoms with Crippen molar-refractivity contribution in [3.63, 3.8) is 0 Å². The number of ether oxygens (including phenoxy) is 1. The van der Waals surface area contributed by atoms with E-state index in [2.05, 4.69) is 16.2 Å². The molecule has 0 unspecified atom stereocenters. The molecule has 0 aromatic heterocycles. The molecule has 0 spiro atoms. The Balaban J connectivity index is -0.000000771. The number of carbonyl (C=O) groups is 1. The first-order valence-corrected chi connectivity index (χ1v) is 11.9. The summed E-state index contributed by atoms with van der Waals surface area (Å²) >= 11 is 0. The number of phosphoric acid groups is 1. The van der Waals surface area contributed by atoms with Gasteiger partial charge in [-0.2, -0.15) is 0 Å². The summed E-state index contributed by atoms with van der Waals surface area (Å²) in [6.45, 7) is 4.17. The Bertz CT molecular complexity index is 364. The fourth-order valence-electron chi connectivity index (χ4n) is 2.60. The van der Waals surface area contributed by atoms with Crippen molar-refractivity contribution in [2.75, 3.05) is 13.2 Å². The molecular weight excluding hydrogens is 410 g/mol. The summed E-state index contributed by atoms with van der Waals surface area (Å²) in [5.41, 5.74) is 0. The normalized spacial score (nSPS) is 10.6. The molecule has 0 aliphatic rings. The van der Waals surface area contributed by atoms with E-state index in [1.807, 2.05) is 0 Å². The first kappa shape index (κ1) is 33.6. The molecule has 0 aliphatic heterocycles. The number of rotatable bonds is 17. The zero-order valence-corrected chi connectivity index (χ0v) is 22.2. The molecule has 0 aliphatic carbocycles. The van der Waals surface area contributed by atoms with E-state index in [1.165, 1.54) is 70.6 Å². The molecule has 0 atom stereocenters. The number of phosphoric ester groups is 1. The number of carbonyl (C=O) groups excluding carboxylic acids is 1. The molecule has 0 heterocycles. The minimum absolute atomic E-state index is 0. The predicted molar refractivity (Wildman–Crippen MR) is 105 cm³/mol. The van der Waals surface area contributed by atoms with Crippen LogP contribution < -0.4 is 56.5 Å². The van der Waals surface area contributed by atoms with Gasteiger partial charge in [0.1, 0.15) is 0 Å². The maximum atomic E-state index is 10.4. The third-order valence-electron chi connectivity index (χ3n) is 4.02. The van der Waals surface area contributed by atoms with Crippen molar-refractivity contribution < 1.29 is 84.9 Å². The van der Waals surface area contributed by atoms with E-state index in [1.54, 1.807) is 6.92 Å². The summed E-state index contributed by atoms with van der Waals surface area (Å²) < 4.78 is 18.7. The smallest absolute Gasteiger partial charge is 0.550 e. The van der Waals surface area contributed by atoms with Crippen molar-refractivity contribution in [1.29, 1.82) is 0 Å². The van der Waals surface area contributed by atoms with E-state index in [4.69, 9.17) is 9.79 Å². The number of unbranched alkanes of at least 4 members (excludes halogenated alkanes) is 13. The van der Waals surface area contributed by atoms with Gasteiger partial charge < -0.3 is 24.4 Å². The molecule has 0 radical (unpaired) electrons. The van der Waals surface area contributed by atoms with Crippen LogP contribution in [0, 0.1) is 0 Å². The number of carboxylic acid groups (broad SMARTS) is 1. The van der Waals surface area contributed by atoms with E-state index < -0.39 is 14.0 Å². The van der Waals surface area contributed by atoms with E-state index >= 15 is 0 Å². The minimum Gasteiger partial charge on any atom is -0.550 e. The molecule has 0 aromatic carbocycles. The zero-order chi connectivity index (χ0) is 20.8. The van der Waals surface area contributed by atoms with Crippen molar-refractivity contribution >= 4 is 14.0 Å². The van der Waals surface area contributed by atoms with E-state index in [0.717, 1.165) is 19.3 Å². The Labute approximate surface area is 214 Å². The van der Waals surface area contributed by atoms with E-state index in [-0.39, 0.29) is 64.6 Å². The van der Waals surface area contributed by atoms with Gasteiger partial charge in [0.15, 0.2) is 0 Å². The second kappa shape index (κ2) is 26.1. The predicted octanol–water partition coefficient (Wildman–Crippen LogP) is 1.95. The maximum Gasteiger partial charge on any atom is 1.00 e. The second-order valence-corrected chi connectivity index (χ2v) is 7.84. The van der Waals surface area contributed by atoms with Gasteiger partial charge in [-0.25, -0.2) is 4.57 Å². The topological polar surface area (TPSA) is 116 Å². The average Bonchev–Trinajstić information content (AvgIpc) is 2.58. The molecule has 0 saturated carbocycles. The van der Waals surface area contributed by atoms with Crippen molar-refractivity contribution in [2.45, 2.75) is 104 Å². The van der Waals surface area contributed by atoms with Gasteiger partial charge in [-0.1, -0.05) is 90.4 Å². The molecular formula is C19H40KO7P. The molecule has 164 valence electrons. The standard InChI is InChI=1S/C16H35O4P.C3H6O3.K/c1-2-3-4-5-6-7-8-9-10-11-12-13-14-15-16-20-21(17,18)19;1-2-6-3(4)5;/h2-16H2,1H3,(H2,17,18,19);2H2,1H3,(H,4,5);/q;;+1/p-1. The third kappa shape index (κ3) is 37.7. The summed E-state index contributed by atoms with van der Waals surface area (Å²) in [6.07, 6.45) is 16.3. The van der Waals surface area contributed by atoms with Gasteiger partial charge in [0, 0.05) is 6.61 Å². The Morgan fingerprint density at radius 1 is 0.786 bits per heavy atom. The van der Waals surface area contributed by atoms with Gasteiger partial charge in [-0.05, 0) is 13.3 Å². The number of hydrogen-bond donors (Lipinski definition) is 2. The Kier molecular flexibility index (Phi) is 31.3. The fourth-order valence-corrected chi connectivity index (χ4v) is 2.96. The summed E-state index contributed by atoms with van der Waals surface area (Å²) in [5, 5.41) is 9.27. The molecule has 7 nitrogen and oxygen atoms in total. The van der Waals surface area contributed by atoms with Crippen molar-refractivity contribution in [1.82, 2.24) is 0 Å². The van der Waals surface area contributed by atoms with Crippen molar-refractivity contribution in [3.8, 4) is 0 Å². The maximum absolute atomic E-state index is 10.4. The van der Waals surface area contributed by atoms with Gasteiger partial charge in [0.25, 0.3) is 6.16 Å². The Morgan fingerprint density at radius 2 is 1.14 bits per heavy atom. The van der Waals surface area contributed by atoms with Crippen LogP contribution in [0.15, 0.2) is 0 Å². The molecule has 0 fully saturated rings. The van der Waals surface area contributed by atoms with Crippen LogP contribution in [0.1, 0.15) is 104 Å². The number of hydrogen-bond acceptors (Lipinski definition) is 5. The Hall–Kier alpha value is 1.02. The minimum atomic E-state index is -4.25. The van der Waals surface area contributed by atoms with Crippen LogP contribution in [-0.4, -0.2) is 29.2 Å². The van der Waals surface area contributed by atoms with Crippen LogP contribution in [0.2, 0.25) is 0 Å². The van der Waals surface area contributed by atoms with Crippen LogP contribution in [-0.2, 0) is 13.8 Å². The summed E-state index contributed by atoms with van der Waals surface area (Å²) in [7, 11) is -4.25. The zero-order valence-electron chi connectivity index (χ0n) is 18.2. The molecule has 0 rings (SSSR count). The monoisotopic (exact) mass is 450 g/mol. The van der Waals surface area contributed by atoms with Crippen LogP contribution in [0.4, 0.5) is 4.79 Å². The summed E-state index contributed by atoms with van der Waals surface area (Å²) in [5.74, 6) is 0. The molecule has 0 aromatic rings. The van der Waals surface area contributed by atoms with Gasteiger partial charge in [-0.3, -0.25) is 4.52 Å². The average molecular weight is 451 g/mol. The van der Waals surface area contributed by atoms with Gasteiger partial charge in [0.2, 0.25) is 0 Å². The van der Waals surface area contributed by atoms with E-state index in [9.17, 15) is 14.5 Å². The van der Waals surface area contributed by atoms with Gasteiger partial charge >= 0.3 is 59.2 Å². The van der Waals surface area contributed by atoms with Crippen LogP contribution >= 0.6 is 7.82 Å². The first-order valence-electron chi connectivity index (χ1n) is 10.4. The van der Waals surface area contributed by atoms with Crippen LogP contribution in [0.3, 0.4) is 0 Å². The first-order chi connectivity index (χ1) is 12.8. The molecule has 2 N–H and O–H groups in total.